The molecule has 84 valence electrons. The van der Waals surface area contributed by atoms with Crippen LogP contribution in [0.2, 0.25) is 0 Å². The SMILES string of the molecule is Ic1ccc(CO[C@H]2C[C@@H]3C=C[C@H]2C3)cc1. The molecule has 2 bridgehead atoms. The van der Waals surface area contributed by atoms with Gasteiger partial charge in [0.2, 0.25) is 0 Å². The molecule has 0 amide bonds. The summed E-state index contributed by atoms with van der Waals surface area (Å²) >= 11 is 2.33. The van der Waals surface area contributed by atoms with Gasteiger partial charge in [-0.05, 0) is 59.0 Å². The van der Waals surface area contributed by atoms with Gasteiger partial charge in [-0.1, -0.05) is 24.3 Å². The predicted molar refractivity (Wildman–Crippen MR) is 73.1 cm³/mol. The van der Waals surface area contributed by atoms with Crippen molar-refractivity contribution in [1.29, 1.82) is 0 Å². The maximum Gasteiger partial charge on any atom is 0.0720 e. The molecule has 0 unspecified atom stereocenters. The number of allylic oxidation sites excluding steroid dienone is 1. The van der Waals surface area contributed by atoms with E-state index in [1.807, 2.05) is 0 Å². The fourth-order valence-electron chi connectivity index (χ4n) is 2.71. The number of hydrogen-bond acceptors (Lipinski definition) is 1. The standard InChI is InChI=1S/C14H15IO/c15-13-5-2-10(3-6-13)9-16-14-8-11-1-4-12(14)7-11/h1-6,11-12,14H,7-9H2/t11-,12+,14+/m1/s1. The van der Waals surface area contributed by atoms with Gasteiger partial charge < -0.3 is 4.74 Å². The fourth-order valence-corrected chi connectivity index (χ4v) is 3.07. The number of halogens is 1. The molecule has 1 fully saturated rings. The van der Waals surface area contributed by atoms with E-state index in [4.69, 9.17) is 4.74 Å². The monoisotopic (exact) mass is 326 g/mol. The number of benzene rings is 1. The van der Waals surface area contributed by atoms with Crippen LogP contribution in [0.25, 0.3) is 0 Å². The van der Waals surface area contributed by atoms with Crippen molar-refractivity contribution >= 4 is 22.6 Å². The summed E-state index contributed by atoms with van der Waals surface area (Å²) in [5.41, 5.74) is 1.28. The third-order valence-corrected chi connectivity index (χ3v) is 4.31. The first-order valence-electron chi connectivity index (χ1n) is 5.85. The lowest BCUT2D eigenvalue weighted by Gasteiger charge is -2.18. The van der Waals surface area contributed by atoms with E-state index in [9.17, 15) is 0 Å². The van der Waals surface area contributed by atoms with Crippen molar-refractivity contribution in [3.8, 4) is 0 Å². The highest BCUT2D eigenvalue weighted by Gasteiger charge is 2.36. The van der Waals surface area contributed by atoms with Crippen LogP contribution in [0.5, 0.6) is 0 Å². The van der Waals surface area contributed by atoms with E-state index in [2.05, 4.69) is 59.0 Å². The van der Waals surface area contributed by atoms with Crippen LogP contribution >= 0.6 is 22.6 Å². The van der Waals surface area contributed by atoms with E-state index in [1.54, 1.807) is 0 Å². The highest BCUT2D eigenvalue weighted by Crippen LogP contribution is 2.40. The molecule has 0 heterocycles. The van der Waals surface area contributed by atoms with Gasteiger partial charge in [0.25, 0.3) is 0 Å². The van der Waals surface area contributed by atoms with Crippen molar-refractivity contribution in [2.24, 2.45) is 11.8 Å². The second-order valence-electron chi connectivity index (χ2n) is 4.76. The molecule has 2 aliphatic carbocycles. The molecule has 0 aliphatic heterocycles. The first-order chi connectivity index (χ1) is 7.81. The second kappa shape index (κ2) is 4.49. The Bertz CT molecular complexity index is 396. The Morgan fingerprint density at radius 1 is 1.12 bits per heavy atom. The largest absolute Gasteiger partial charge is 0.373 e. The lowest BCUT2D eigenvalue weighted by Crippen LogP contribution is -2.17. The number of hydrogen-bond donors (Lipinski definition) is 0. The Morgan fingerprint density at radius 3 is 2.56 bits per heavy atom. The highest BCUT2D eigenvalue weighted by atomic mass is 127. The third kappa shape index (κ3) is 2.18. The van der Waals surface area contributed by atoms with Crippen LogP contribution in [0.3, 0.4) is 0 Å². The summed E-state index contributed by atoms with van der Waals surface area (Å²) in [6, 6.07) is 8.59. The first kappa shape index (κ1) is 10.8. The summed E-state index contributed by atoms with van der Waals surface area (Å²) in [6.45, 7) is 0.763. The normalized spacial score (nSPS) is 31.2. The van der Waals surface area contributed by atoms with Gasteiger partial charge in [-0.25, -0.2) is 0 Å². The molecule has 2 heteroatoms. The molecule has 0 spiro atoms. The van der Waals surface area contributed by atoms with Gasteiger partial charge in [-0.3, -0.25) is 0 Å². The van der Waals surface area contributed by atoms with Gasteiger partial charge in [0.15, 0.2) is 0 Å². The Kier molecular flexibility index (Phi) is 3.03. The van der Waals surface area contributed by atoms with Crippen LogP contribution in [0.4, 0.5) is 0 Å². The minimum atomic E-state index is 0.467. The molecule has 3 atom stereocenters. The first-order valence-corrected chi connectivity index (χ1v) is 6.93. The van der Waals surface area contributed by atoms with Crippen molar-refractivity contribution in [2.75, 3.05) is 0 Å². The number of ether oxygens (including phenoxy) is 1. The van der Waals surface area contributed by atoms with Crippen molar-refractivity contribution < 1.29 is 4.74 Å². The minimum absolute atomic E-state index is 0.467. The van der Waals surface area contributed by atoms with Crippen LogP contribution < -0.4 is 0 Å². The molecule has 1 aromatic carbocycles. The Morgan fingerprint density at radius 2 is 1.94 bits per heavy atom. The summed E-state index contributed by atoms with van der Waals surface area (Å²) in [6.07, 6.45) is 7.71. The molecule has 0 N–H and O–H groups in total. The summed E-state index contributed by atoms with van der Waals surface area (Å²) in [7, 11) is 0. The lowest BCUT2D eigenvalue weighted by atomic mass is 10.0. The van der Waals surface area contributed by atoms with E-state index in [0.717, 1.165) is 12.5 Å². The molecule has 2 aliphatic rings. The second-order valence-corrected chi connectivity index (χ2v) is 6.00. The number of rotatable bonds is 3. The molecule has 1 saturated carbocycles. The van der Waals surface area contributed by atoms with Gasteiger partial charge in [0.1, 0.15) is 0 Å². The zero-order chi connectivity index (χ0) is 11.0. The number of fused-ring (bicyclic) bond motifs is 2. The van der Waals surface area contributed by atoms with E-state index >= 15 is 0 Å². The summed E-state index contributed by atoms with van der Waals surface area (Å²) < 4.78 is 7.29. The van der Waals surface area contributed by atoms with Crippen molar-refractivity contribution in [1.82, 2.24) is 0 Å². The zero-order valence-corrected chi connectivity index (χ0v) is 11.3. The molecule has 16 heavy (non-hydrogen) atoms. The average Bonchev–Trinajstić information content (AvgIpc) is 2.90. The maximum absolute atomic E-state index is 6.01. The summed E-state index contributed by atoms with van der Waals surface area (Å²) in [5.74, 6) is 1.49. The molecule has 1 aromatic rings. The molecule has 3 rings (SSSR count). The predicted octanol–water partition coefficient (Wildman–Crippen LogP) is 3.77. The molecule has 0 aromatic heterocycles. The summed E-state index contributed by atoms with van der Waals surface area (Å²) in [5, 5.41) is 0. The third-order valence-electron chi connectivity index (χ3n) is 3.60. The van der Waals surface area contributed by atoms with Gasteiger partial charge >= 0.3 is 0 Å². The quantitative estimate of drug-likeness (QED) is 0.607. The van der Waals surface area contributed by atoms with Crippen LogP contribution in [0.15, 0.2) is 36.4 Å². The summed E-state index contributed by atoms with van der Waals surface area (Å²) in [4.78, 5) is 0. The van der Waals surface area contributed by atoms with Crippen LogP contribution in [-0.4, -0.2) is 6.10 Å². The van der Waals surface area contributed by atoms with E-state index in [-0.39, 0.29) is 0 Å². The van der Waals surface area contributed by atoms with Gasteiger partial charge in [0, 0.05) is 9.49 Å². The van der Waals surface area contributed by atoms with Gasteiger partial charge in [-0.2, -0.15) is 0 Å². The van der Waals surface area contributed by atoms with Crippen LogP contribution in [-0.2, 0) is 11.3 Å². The molecule has 1 nitrogen and oxygen atoms in total. The van der Waals surface area contributed by atoms with Crippen molar-refractivity contribution in [3.05, 3.63) is 45.6 Å². The topological polar surface area (TPSA) is 9.23 Å². The maximum atomic E-state index is 6.01. The zero-order valence-electron chi connectivity index (χ0n) is 9.10. The van der Waals surface area contributed by atoms with Crippen LogP contribution in [0, 0.1) is 15.4 Å². The lowest BCUT2D eigenvalue weighted by molar-refractivity contribution is 0.0245. The van der Waals surface area contributed by atoms with Crippen molar-refractivity contribution in [2.45, 2.75) is 25.6 Å². The molecule has 0 radical (unpaired) electrons. The smallest absolute Gasteiger partial charge is 0.0720 e. The van der Waals surface area contributed by atoms with Gasteiger partial charge in [0.05, 0.1) is 12.7 Å². The molecule has 0 saturated heterocycles. The fraction of sp³-hybridized carbons (Fsp3) is 0.429. The molecular formula is C14H15IO. The Hall–Kier alpha value is -0.350. The van der Waals surface area contributed by atoms with Crippen molar-refractivity contribution in [3.63, 3.8) is 0 Å². The Labute approximate surface area is 110 Å². The Balaban J connectivity index is 1.57. The van der Waals surface area contributed by atoms with E-state index < -0.39 is 0 Å². The van der Waals surface area contributed by atoms with Crippen LogP contribution in [0.1, 0.15) is 18.4 Å². The average molecular weight is 326 g/mol. The van der Waals surface area contributed by atoms with Gasteiger partial charge in [-0.15, -0.1) is 0 Å². The minimum Gasteiger partial charge on any atom is -0.373 e. The van der Waals surface area contributed by atoms with E-state index in [1.165, 1.54) is 22.0 Å². The van der Waals surface area contributed by atoms with E-state index in [0.29, 0.717) is 12.0 Å². The molecular weight excluding hydrogens is 311 g/mol. The highest BCUT2D eigenvalue weighted by molar-refractivity contribution is 14.1.